The van der Waals surface area contributed by atoms with Crippen LogP contribution >= 0.6 is 11.3 Å². The molecule has 0 unspecified atom stereocenters. The summed E-state index contributed by atoms with van der Waals surface area (Å²) in [5.74, 6) is -0.714. The third-order valence-electron chi connectivity index (χ3n) is 4.31. The Hall–Kier alpha value is -2.47. The van der Waals surface area contributed by atoms with Gasteiger partial charge >= 0.3 is 5.97 Å². The number of carbonyl (C=O) groups is 3. The molecule has 2 aromatic rings. The van der Waals surface area contributed by atoms with Gasteiger partial charge < -0.3 is 10.1 Å². The van der Waals surface area contributed by atoms with Gasteiger partial charge in [0.15, 0.2) is 12.4 Å². The van der Waals surface area contributed by atoms with Crippen molar-refractivity contribution >= 4 is 34.7 Å². The van der Waals surface area contributed by atoms with Crippen LogP contribution in [0.25, 0.3) is 0 Å². The van der Waals surface area contributed by atoms with Crippen molar-refractivity contribution in [2.75, 3.05) is 11.9 Å². The molecule has 1 amide bonds. The fourth-order valence-electron chi connectivity index (χ4n) is 2.59. The summed E-state index contributed by atoms with van der Waals surface area (Å²) in [5.41, 5.74) is 1.78. The zero-order valence-corrected chi connectivity index (χ0v) is 16.7. The van der Waals surface area contributed by atoms with E-state index in [0.29, 0.717) is 10.8 Å². The first kappa shape index (κ1) is 20.8. The second-order valence-electron chi connectivity index (χ2n) is 6.44. The highest BCUT2D eigenvalue weighted by atomic mass is 32.1. The molecule has 0 aliphatic heterocycles. The molecule has 6 heteroatoms. The van der Waals surface area contributed by atoms with Gasteiger partial charge in [-0.25, -0.2) is 0 Å². The van der Waals surface area contributed by atoms with Crippen molar-refractivity contribution in [3.63, 3.8) is 0 Å². The van der Waals surface area contributed by atoms with E-state index in [9.17, 15) is 14.4 Å². The van der Waals surface area contributed by atoms with Gasteiger partial charge in [-0.15, -0.1) is 11.3 Å². The number of para-hydroxylation sites is 1. The molecule has 0 saturated carbocycles. The van der Waals surface area contributed by atoms with Gasteiger partial charge in [-0.05, 0) is 43.0 Å². The van der Waals surface area contributed by atoms with Crippen molar-refractivity contribution in [1.82, 2.24) is 0 Å². The highest BCUT2D eigenvalue weighted by Gasteiger charge is 2.15. The molecule has 0 aliphatic rings. The number of nitrogens with one attached hydrogen (secondary N) is 1. The van der Waals surface area contributed by atoms with Gasteiger partial charge in [0.25, 0.3) is 5.91 Å². The van der Waals surface area contributed by atoms with Gasteiger partial charge in [0.2, 0.25) is 0 Å². The maximum atomic E-state index is 12.1. The topological polar surface area (TPSA) is 72.5 Å². The molecule has 1 aromatic heterocycles. The smallest absolute Gasteiger partial charge is 0.306 e. The van der Waals surface area contributed by atoms with E-state index in [4.69, 9.17) is 4.74 Å². The van der Waals surface area contributed by atoms with Crippen molar-refractivity contribution in [3.05, 3.63) is 51.7 Å². The Balaban J connectivity index is 1.78. The molecule has 5 nitrogen and oxygen atoms in total. The highest BCUT2D eigenvalue weighted by molar-refractivity contribution is 7.14. The van der Waals surface area contributed by atoms with Gasteiger partial charge in [-0.3, -0.25) is 14.4 Å². The van der Waals surface area contributed by atoms with E-state index in [-0.39, 0.29) is 31.1 Å². The number of hydrogen-bond donors (Lipinski definition) is 1. The van der Waals surface area contributed by atoms with E-state index in [1.807, 2.05) is 37.3 Å². The Morgan fingerprint density at radius 3 is 2.52 bits per heavy atom. The quantitative estimate of drug-likeness (QED) is 0.499. The minimum Gasteiger partial charge on any atom is -0.456 e. The van der Waals surface area contributed by atoms with Crippen LogP contribution < -0.4 is 5.32 Å². The van der Waals surface area contributed by atoms with Gasteiger partial charge in [-0.2, -0.15) is 0 Å². The zero-order chi connectivity index (χ0) is 19.8. The van der Waals surface area contributed by atoms with Crippen molar-refractivity contribution in [1.29, 1.82) is 0 Å². The van der Waals surface area contributed by atoms with E-state index < -0.39 is 5.97 Å². The lowest BCUT2D eigenvalue weighted by Gasteiger charge is -2.15. The maximum Gasteiger partial charge on any atom is 0.306 e. The summed E-state index contributed by atoms with van der Waals surface area (Å²) in [6.07, 6.45) is 1.00. The molecular weight excluding hydrogens is 362 g/mol. The maximum absolute atomic E-state index is 12.1. The zero-order valence-electron chi connectivity index (χ0n) is 15.9. The largest absolute Gasteiger partial charge is 0.456 e. The minimum atomic E-state index is -0.554. The van der Waals surface area contributed by atoms with Gasteiger partial charge in [0, 0.05) is 17.0 Å². The van der Waals surface area contributed by atoms with E-state index >= 15 is 0 Å². The van der Waals surface area contributed by atoms with Crippen LogP contribution in [0.3, 0.4) is 0 Å². The lowest BCUT2D eigenvalue weighted by molar-refractivity contribution is -0.147. The molecule has 144 valence electrons. The fourth-order valence-corrected chi connectivity index (χ4v) is 3.42. The predicted octanol–water partition coefficient (Wildman–Crippen LogP) is 4.71. The SMILES string of the molecule is CC[C@@H](C)c1ccccc1NC(=O)COC(=O)CCC(=O)c1ccc(C)s1. The number of esters is 1. The molecule has 0 radical (unpaired) electrons. The van der Waals surface area contributed by atoms with E-state index in [1.54, 1.807) is 6.07 Å². The molecule has 0 aliphatic carbocycles. The molecule has 1 atom stereocenters. The summed E-state index contributed by atoms with van der Waals surface area (Å²) in [6.45, 7) is 5.74. The second-order valence-corrected chi connectivity index (χ2v) is 7.73. The summed E-state index contributed by atoms with van der Waals surface area (Å²) < 4.78 is 4.99. The molecule has 0 saturated heterocycles. The third-order valence-corrected chi connectivity index (χ3v) is 5.36. The van der Waals surface area contributed by atoms with Crippen molar-refractivity contribution in [2.45, 2.75) is 46.0 Å². The fraction of sp³-hybridized carbons (Fsp3) is 0.381. The van der Waals surface area contributed by atoms with Gasteiger partial charge in [0.05, 0.1) is 11.3 Å². The number of ether oxygens (including phenoxy) is 1. The summed E-state index contributed by atoms with van der Waals surface area (Å²) in [4.78, 5) is 37.6. The van der Waals surface area contributed by atoms with E-state index in [0.717, 1.165) is 22.5 Å². The van der Waals surface area contributed by atoms with Crippen LogP contribution in [0.1, 0.15) is 59.1 Å². The molecule has 1 aromatic carbocycles. The number of aryl methyl sites for hydroxylation is 1. The molecule has 0 fully saturated rings. The van der Waals surface area contributed by atoms with Crippen molar-refractivity contribution in [2.24, 2.45) is 0 Å². The van der Waals surface area contributed by atoms with Crippen molar-refractivity contribution < 1.29 is 19.1 Å². The molecule has 0 bridgehead atoms. The Morgan fingerprint density at radius 2 is 1.85 bits per heavy atom. The number of benzene rings is 1. The number of rotatable bonds is 9. The van der Waals surface area contributed by atoms with Gasteiger partial charge in [0.1, 0.15) is 0 Å². The Labute approximate surface area is 163 Å². The summed E-state index contributed by atoms with van der Waals surface area (Å²) >= 11 is 1.41. The minimum absolute atomic E-state index is 0.0352. The van der Waals surface area contributed by atoms with Crippen LogP contribution in [-0.2, 0) is 14.3 Å². The molecular formula is C21H25NO4S. The van der Waals surface area contributed by atoms with Crippen LogP contribution in [0.4, 0.5) is 5.69 Å². The molecule has 1 N–H and O–H groups in total. The van der Waals surface area contributed by atoms with E-state index in [2.05, 4.69) is 19.2 Å². The number of Topliss-reactive ketones (excluding diaryl/α,β-unsaturated/α-hetero) is 1. The average Bonchev–Trinajstić information content (AvgIpc) is 3.10. The van der Waals surface area contributed by atoms with Crippen LogP contribution in [0.5, 0.6) is 0 Å². The Bertz CT molecular complexity index is 812. The average molecular weight is 388 g/mol. The summed E-state index contributed by atoms with van der Waals surface area (Å²) in [6, 6.07) is 11.2. The second kappa shape index (κ2) is 10.0. The number of amides is 1. The molecule has 2 rings (SSSR count). The molecule has 0 spiro atoms. The number of carbonyl (C=O) groups excluding carboxylic acids is 3. The number of hydrogen-bond acceptors (Lipinski definition) is 5. The molecule has 1 heterocycles. The monoisotopic (exact) mass is 387 g/mol. The Morgan fingerprint density at radius 1 is 1.11 bits per heavy atom. The summed E-state index contributed by atoms with van der Waals surface area (Å²) in [5, 5.41) is 2.79. The number of ketones is 1. The molecule has 27 heavy (non-hydrogen) atoms. The number of anilines is 1. The first-order valence-electron chi connectivity index (χ1n) is 9.04. The van der Waals surface area contributed by atoms with Crippen LogP contribution in [-0.4, -0.2) is 24.3 Å². The summed E-state index contributed by atoms with van der Waals surface area (Å²) in [7, 11) is 0. The van der Waals surface area contributed by atoms with Crippen LogP contribution in [0.2, 0.25) is 0 Å². The van der Waals surface area contributed by atoms with E-state index in [1.165, 1.54) is 11.3 Å². The first-order chi connectivity index (χ1) is 12.9. The van der Waals surface area contributed by atoms with Crippen LogP contribution in [0.15, 0.2) is 36.4 Å². The third kappa shape index (κ3) is 6.32. The highest BCUT2D eigenvalue weighted by Crippen LogP contribution is 2.26. The number of thiophene rings is 1. The standard InChI is InChI=1S/C21H25NO4S/c1-4-14(2)16-7-5-6-8-17(16)22-20(24)13-26-21(25)12-10-18(23)19-11-9-15(3)27-19/h5-9,11,14H,4,10,12-13H2,1-3H3,(H,22,24)/t14-/m1/s1. The lowest BCUT2D eigenvalue weighted by Crippen LogP contribution is -2.22. The first-order valence-corrected chi connectivity index (χ1v) is 9.86. The van der Waals surface area contributed by atoms with Crippen molar-refractivity contribution in [3.8, 4) is 0 Å². The van der Waals surface area contributed by atoms with Crippen LogP contribution in [0, 0.1) is 6.92 Å². The Kier molecular flexibility index (Phi) is 7.73. The normalized spacial score (nSPS) is 11.7. The van der Waals surface area contributed by atoms with Gasteiger partial charge in [-0.1, -0.05) is 32.0 Å². The lowest BCUT2D eigenvalue weighted by atomic mass is 9.97. The predicted molar refractivity (Wildman–Crippen MR) is 107 cm³/mol.